The van der Waals surface area contributed by atoms with Gasteiger partial charge in [0.25, 0.3) is 23.1 Å². The number of rotatable bonds is 10. The second-order valence-electron chi connectivity index (χ2n) is 15.7. The van der Waals surface area contributed by atoms with Crippen LogP contribution in [-0.4, -0.2) is 64.0 Å². The maximum absolute atomic E-state index is 12.6. The van der Waals surface area contributed by atoms with E-state index < -0.39 is 32.1 Å². The van der Waals surface area contributed by atoms with Crippen molar-refractivity contribution in [2.45, 2.75) is 23.6 Å². The molecule has 0 aliphatic carbocycles. The minimum absolute atomic E-state index is 0.125. The third-order valence-corrected chi connectivity index (χ3v) is 12.4. The number of nitrogens with zero attached hydrogens (tertiary/aromatic N) is 7. The Bertz CT molecular complexity index is 3350. The van der Waals surface area contributed by atoms with Crippen molar-refractivity contribution in [1.29, 1.82) is 0 Å². The Hall–Kier alpha value is -8.49. The first-order valence-corrected chi connectivity index (χ1v) is 24.1. The lowest BCUT2D eigenvalue weighted by Gasteiger charge is -2.05. The number of hydrazone groups is 2. The van der Waals surface area contributed by atoms with Gasteiger partial charge in [0.2, 0.25) is 0 Å². The molecule has 0 aliphatic rings. The second kappa shape index (κ2) is 21.6. The Kier molecular flexibility index (Phi) is 15.3. The van der Waals surface area contributed by atoms with Gasteiger partial charge in [0.1, 0.15) is 38.3 Å². The molecule has 0 saturated carbocycles. The number of carbonyl (C=O) groups is 2. The number of carbonyl (C=O) groups excluding carboxylic acids is 2. The summed E-state index contributed by atoms with van der Waals surface area (Å²) in [7, 11) is -4.47. The molecular weight excluding hydrogens is 931 g/mol. The summed E-state index contributed by atoms with van der Waals surface area (Å²) in [5.74, 6) is -0.941. The summed E-state index contributed by atoms with van der Waals surface area (Å²) in [4.78, 5) is 28.9. The van der Waals surface area contributed by atoms with Crippen LogP contribution >= 0.6 is 0 Å². The van der Waals surface area contributed by atoms with Crippen LogP contribution in [0.15, 0.2) is 197 Å². The standard InChI is InChI=1S/C37H29N9O2.2C7H8O3S/c1-43-32(24-45-19-5-3-7-34(43)45)28-13-9-26(10-14-28)21-39-41-36(47)30-17-18-31(38-23-30)37(48)42-40-22-27-11-15-29(16-12-27)33-25-46-20-6-4-8-35(46)44(33)2;2*1-6-2-4-7(5-3-6)11(8,9)10/h3-25H,1-2H3;2*2-5H,1H3,(H,8,9,10)/b39-21+,40-22+;;. The highest BCUT2D eigenvalue weighted by Crippen LogP contribution is 2.19. The van der Waals surface area contributed by atoms with Gasteiger partial charge in [0.15, 0.2) is 11.4 Å². The summed E-state index contributed by atoms with van der Waals surface area (Å²) in [6.45, 7) is 3.64. The fourth-order valence-corrected chi connectivity index (χ4v) is 7.84. The zero-order valence-electron chi connectivity index (χ0n) is 38.1. The molecule has 0 radical (unpaired) electrons. The molecule has 0 spiro atoms. The van der Waals surface area contributed by atoms with E-state index >= 15 is 0 Å². The summed E-state index contributed by atoms with van der Waals surface area (Å²) in [5.41, 5.74) is 15.3. The largest absolute Gasteiger partial charge is 0.744 e. The molecule has 2 N–H and O–H groups in total. The molecule has 9 rings (SSSR count). The van der Waals surface area contributed by atoms with Crippen LogP contribution in [0.3, 0.4) is 0 Å². The number of amides is 2. The van der Waals surface area contributed by atoms with Gasteiger partial charge in [-0.1, -0.05) is 71.8 Å². The highest BCUT2D eigenvalue weighted by atomic mass is 32.2. The van der Waals surface area contributed by atoms with E-state index in [4.69, 9.17) is 0 Å². The first kappa shape index (κ1) is 49.4. The van der Waals surface area contributed by atoms with E-state index in [0.717, 1.165) is 56.1 Å². The maximum Gasteiger partial charge on any atom is 0.289 e. The van der Waals surface area contributed by atoms with Crippen molar-refractivity contribution in [2.75, 3.05) is 0 Å². The van der Waals surface area contributed by atoms with E-state index in [9.17, 15) is 35.5 Å². The normalized spacial score (nSPS) is 11.5. The number of aryl methyl sites for hydroxylation is 4. The zero-order chi connectivity index (χ0) is 50.0. The Morgan fingerprint density at radius 1 is 0.557 bits per heavy atom. The van der Waals surface area contributed by atoms with Crippen LogP contribution in [0.4, 0.5) is 0 Å². The summed E-state index contributed by atoms with van der Waals surface area (Å²) in [5, 5.41) is 8.14. The molecule has 0 bridgehead atoms. The Morgan fingerprint density at radius 3 is 1.34 bits per heavy atom. The van der Waals surface area contributed by atoms with Crippen molar-refractivity contribution >= 4 is 55.8 Å². The van der Waals surface area contributed by atoms with Crippen LogP contribution in [0.25, 0.3) is 33.8 Å². The van der Waals surface area contributed by atoms with Crippen LogP contribution in [0.2, 0.25) is 0 Å². The van der Waals surface area contributed by atoms with Gasteiger partial charge in [0, 0.05) is 29.5 Å². The second-order valence-corrected chi connectivity index (χ2v) is 18.4. The van der Waals surface area contributed by atoms with Crippen molar-refractivity contribution in [3.8, 4) is 22.5 Å². The van der Waals surface area contributed by atoms with Crippen LogP contribution in [0, 0.1) is 13.8 Å². The van der Waals surface area contributed by atoms with Crippen LogP contribution in [0.1, 0.15) is 43.1 Å². The molecule has 70 heavy (non-hydrogen) atoms. The molecule has 17 nitrogen and oxygen atoms in total. The van der Waals surface area contributed by atoms with Gasteiger partial charge in [-0.2, -0.15) is 10.2 Å². The number of hydrogen-bond acceptors (Lipinski definition) is 11. The van der Waals surface area contributed by atoms with Gasteiger partial charge < -0.3 is 9.11 Å². The molecule has 5 heterocycles. The molecule has 4 aromatic carbocycles. The lowest BCUT2D eigenvalue weighted by molar-refractivity contribution is -0.633. The quantitative estimate of drug-likeness (QED) is 0.0719. The van der Waals surface area contributed by atoms with Crippen molar-refractivity contribution in [2.24, 2.45) is 24.3 Å². The van der Waals surface area contributed by atoms with Crippen LogP contribution in [-0.2, 0) is 34.3 Å². The van der Waals surface area contributed by atoms with Gasteiger partial charge in [-0.3, -0.25) is 14.6 Å². The Morgan fingerprint density at radius 2 is 0.971 bits per heavy atom. The van der Waals surface area contributed by atoms with Gasteiger partial charge in [-0.25, -0.2) is 45.6 Å². The van der Waals surface area contributed by atoms with E-state index in [1.54, 1.807) is 36.7 Å². The molecule has 2 amide bonds. The van der Waals surface area contributed by atoms with Crippen LogP contribution in [0.5, 0.6) is 0 Å². The van der Waals surface area contributed by atoms with Crippen molar-refractivity contribution in [3.63, 3.8) is 0 Å². The lowest BCUT2D eigenvalue weighted by atomic mass is 10.1. The number of nitrogens with one attached hydrogen (secondary N) is 2. The number of aromatic nitrogens is 5. The van der Waals surface area contributed by atoms with E-state index in [1.165, 1.54) is 42.6 Å². The number of imidazole rings is 2. The smallest absolute Gasteiger partial charge is 0.289 e. The SMILES string of the molecule is C[n+]1c(-c2ccc(/C=N/NC(=O)c3ccc(C(=O)N/N=C/c4ccc(-c5cn6ccccc6[n+]5C)cc4)nc3)cc2)cn2ccccc21.Cc1ccc(S(=O)(=O)[O-])cc1.Cc1ccc(S(=O)(=O)[O-])cc1. The predicted octanol–water partition coefficient (Wildman–Crippen LogP) is 5.90. The molecule has 0 atom stereocenters. The number of hydrogen-bond donors (Lipinski definition) is 2. The highest BCUT2D eigenvalue weighted by molar-refractivity contribution is 7.86. The monoisotopic (exact) mass is 975 g/mol. The Labute approximate surface area is 403 Å². The third kappa shape index (κ3) is 12.5. The van der Waals surface area contributed by atoms with Crippen molar-refractivity contribution in [3.05, 3.63) is 210 Å². The minimum atomic E-state index is -4.27. The van der Waals surface area contributed by atoms with E-state index in [2.05, 4.69) is 68.5 Å². The van der Waals surface area contributed by atoms with E-state index in [0.29, 0.717) is 0 Å². The molecule has 0 fully saturated rings. The number of benzene rings is 4. The fraction of sp³-hybridized carbons (Fsp3) is 0.0784. The summed E-state index contributed by atoms with van der Waals surface area (Å²) >= 11 is 0. The predicted molar refractivity (Wildman–Crippen MR) is 261 cm³/mol. The third-order valence-electron chi connectivity index (χ3n) is 10.7. The molecule has 0 unspecified atom stereocenters. The molecule has 354 valence electrons. The van der Waals surface area contributed by atoms with E-state index in [1.807, 2.05) is 113 Å². The first-order valence-electron chi connectivity index (χ1n) is 21.2. The first-order chi connectivity index (χ1) is 33.4. The van der Waals surface area contributed by atoms with Gasteiger partial charge in [-0.15, -0.1) is 0 Å². The van der Waals surface area contributed by atoms with Gasteiger partial charge in [-0.05, 0) is 97.8 Å². The number of fused-ring (bicyclic) bond motifs is 2. The van der Waals surface area contributed by atoms with Crippen LogP contribution < -0.4 is 20.0 Å². The molecule has 5 aromatic heterocycles. The Balaban J connectivity index is 0.000000269. The van der Waals surface area contributed by atoms with Crippen molar-refractivity contribution < 1.29 is 44.7 Å². The highest BCUT2D eigenvalue weighted by Gasteiger charge is 2.17. The maximum atomic E-state index is 12.6. The average Bonchev–Trinajstić information content (AvgIpc) is 3.87. The van der Waals surface area contributed by atoms with Crippen molar-refractivity contribution in [1.82, 2.24) is 24.6 Å². The molecule has 9 aromatic rings. The lowest BCUT2D eigenvalue weighted by Crippen LogP contribution is -2.29. The topological polar surface area (TPSA) is 227 Å². The summed E-state index contributed by atoms with van der Waals surface area (Å²) in [6, 6.07) is 42.5. The summed E-state index contributed by atoms with van der Waals surface area (Å²) < 4.78 is 70.8. The van der Waals surface area contributed by atoms with Gasteiger partial charge in [0.05, 0.1) is 54.3 Å². The van der Waals surface area contributed by atoms with Gasteiger partial charge >= 0.3 is 0 Å². The summed E-state index contributed by atoms with van der Waals surface area (Å²) in [6.07, 6.45) is 12.7. The molecule has 0 saturated heterocycles. The minimum Gasteiger partial charge on any atom is -0.744 e. The van der Waals surface area contributed by atoms with E-state index in [-0.39, 0.29) is 21.0 Å². The number of pyridine rings is 3. The fourth-order valence-electron chi connectivity index (χ4n) is 6.91. The zero-order valence-corrected chi connectivity index (χ0v) is 39.7. The molecule has 19 heteroatoms. The molecule has 0 aliphatic heterocycles. The molecular formula is C51H45N9O8S2. The average molecular weight is 976 g/mol.